The van der Waals surface area contributed by atoms with Gasteiger partial charge < -0.3 is 15.5 Å². The zero-order valence-corrected chi connectivity index (χ0v) is 10.3. The number of nitrogens with one attached hydrogen (secondary N) is 1. The number of halogens is 1. The summed E-state index contributed by atoms with van der Waals surface area (Å²) in [5.41, 5.74) is -0.304. The van der Waals surface area contributed by atoms with Crippen LogP contribution in [-0.2, 0) is 0 Å². The molecule has 1 rings (SSSR count). The van der Waals surface area contributed by atoms with Crippen LogP contribution in [0.15, 0.2) is 24.3 Å². The molecular weight excluding hydrogens is 221 g/mol. The number of benzene rings is 1. The van der Waals surface area contributed by atoms with Crippen molar-refractivity contribution in [2.75, 3.05) is 13.2 Å². The Morgan fingerprint density at radius 3 is 2.71 bits per heavy atom. The van der Waals surface area contributed by atoms with Gasteiger partial charge in [-0.3, -0.25) is 0 Å². The van der Waals surface area contributed by atoms with Gasteiger partial charge in [-0.15, -0.1) is 0 Å². The van der Waals surface area contributed by atoms with E-state index in [-0.39, 0.29) is 25.0 Å². The van der Waals surface area contributed by atoms with Crippen LogP contribution in [0.4, 0.5) is 4.39 Å². The van der Waals surface area contributed by atoms with E-state index in [0.717, 1.165) is 12.0 Å². The average molecular weight is 241 g/mol. The Morgan fingerprint density at radius 2 is 2.18 bits per heavy atom. The summed E-state index contributed by atoms with van der Waals surface area (Å²) >= 11 is 0. The molecule has 3 nitrogen and oxygen atoms in total. The molecule has 2 unspecified atom stereocenters. The van der Waals surface area contributed by atoms with Crippen molar-refractivity contribution in [1.82, 2.24) is 5.32 Å². The highest BCUT2D eigenvalue weighted by Crippen LogP contribution is 2.18. The molecule has 0 heterocycles. The summed E-state index contributed by atoms with van der Waals surface area (Å²) in [4.78, 5) is 0. The van der Waals surface area contributed by atoms with Crippen molar-refractivity contribution in [1.29, 1.82) is 0 Å². The second kappa shape index (κ2) is 6.10. The zero-order chi connectivity index (χ0) is 12.9. The first-order valence-corrected chi connectivity index (χ1v) is 5.80. The molecule has 0 amide bonds. The van der Waals surface area contributed by atoms with Gasteiger partial charge in [-0.1, -0.05) is 19.1 Å². The highest BCUT2D eigenvalue weighted by Gasteiger charge is 2.20. The standard InChI is InChI=1S/C13H20FNO2/c1-3-12(15-8-13(2,17)9-16)10-5-4-6-11(14)7-10/h4-7,12,15-17H,3,8-9H2,1-2H3. The van der Waals surface area contributed by atoms with Gasteiger partial charge in [0, 0.05) is 12.6 Å². The molecule has 0 saturated heterocycles. The van der Waals surface area contributed by atoms with Crippen molar-refractivity contribution in [3.05, 3.63) is 35.6 Å². The number of aliphatic hydroxyl groups excluding tert-OH is 1. The minimum atomic E-state index is -1.15. The minimum Gasteiger partial charge on any atom is -0.393 e. The lowest BCUT2D eigenvalue weighted by Crippen LogP contribution is -2.42. The molecule has 17 heavy (non-hydrogen) atoms. The molecule has 0 aliphatic rings. The first-order chi connectivity index (χ1) is 7.98. The van der Waals surface area contributed by atoms with Gasteiger partial charge in [-0.05, 0) is 31.0 Å². The molecule has 4 heteroatoms. The van der Waals surface area contributed by atoms with Crippen molar-refractivity contribution in [3.8, 4) is 0 Å². The van der Waals surface area contributed by atoms with E-state index in [9.17, 15) is 9.50 Å². The second-order valence-corrected chi connectivity index (χ2v) is 4.55. The van der Waals surface area contributed by atoms with Gasteiger partial charge in [0.15, 0.2) is 0 Å². The molecule has 0 saturated carbocycles. The Morgan fingerprint density at radius 1 is 1.47 bits per heavy atom. The van der Waals surface area contributed by atoms with Gasteiger partial charge >= 0.3 is 0 Å². The Kier molecular flexibility index (Phi) is 5.05. The summed E-state index contributed by atoms with van der Waals surface area (Å²) in [6, 6.07) is 6.37. The Hall–Kier alpha value is -0.970. The third-order valence-electron chi connectivity index (χ3n) is 2.73. The fraction of sp³-hybridized carbons (Fsp3) is 0.538. The summed E-state index contributed by atoms with van der Waals surface area (Å²) in [6.07, 6.45) is 0.783. The fourth-order valence-corrected chi connectivity index (χ4v) is 1.62. The molecule has 0 radical (unpaired) electrons. The molecule has 3 N–H and O–H groups in total. The molecule has 0 aromatic heterocycles. The summed E-state index contributed by atoms with van der Waals surface area (Å²) < 4.78 is 13.1. The van der Waals surface area contributed by atoms with Crippen LogP contribution in [0.5, 0.6) is 0 Å². The quantitative estimate of drug-likeness (QED) is 0.709. The van der Waals surface area contributed by atoms with Crippen LogP contribution in [0, 0.1) is 5.82 Å². The van der Waals surface area contributed by atoms with Gasteiger partial charge in [0.2, 0.25) is 0 Å². The van der Waals surface area contributed by atoms with Gasteiger partial charge in [-0.2, -0.15) is 0 Å². The van der Waals surface area contributed by atoms with E-state index in [0.29, 0.717) is 0 Å². The fourth-order valence-electron chi connectivity index (χ4n) is 1.62. The number of rotatable bonds is 6. The van der Waals surface area contributed by atoms with Crippen LogP contribution in [0.1, 0.15) is 31.9 Å². The van der Waals surface area contributed by atoms with Crippen LogP contribution in [0.2, 0.25) is 0 Å². The van der Waals surface area contributed by atoms with Crippen molar-refractivity contribution >= 4 is 0 Å². The molecule has 0 bridgehead atoms. The number of hydrogen-bond donors (Lipinski definition) is 3. The monoisotopic (exact) mass is 241 g/mol. The topological polar surface area (TPSA) is 52.5 Å². The maximum Gasteiger partial charge on any atom is 0.123 e. The maximum absolute atomic E-state index is 13.1. The van der Waals surface area contributed by atoms with E-state index < -0.39 is 5.60 Å². The maximum atomic E-state index is 13.1. The molecule has 1 aromatic carbocycles. The van der Waals surface area contributed by atoms with Crippen LogP contribution in [-0.4, -0.2) is 29.0 Å². The average Bonchev–Trinajstić information content (AvgIpc) is 2.30. The SMILES string of the molecule is CCC(NCC(C)(O)CO)c1cccc(F)c1. The molecule has 0 spiro atoms. The van der Waals surface area contributed by atoms with Crippen molar-refractivity contribution in [2.45, 2.75) is 31.9 Å². The lowest BCUT2D eigenvalue weighted by atomic mass is 10.0. The normalized spacial score (nSPS) is 16.5. The Labute approximate surface area is 101 Å². The largest absolute Gasteiger partial charge is 0.393 e. The molecular formula is C13H20FNO2. The van der Waals surface area contributed by atoms with Gasteiger partial charge in [0.25, 0.3) is 0 Å². The lowest BCUT2D eigenvalue weighted by Gasteiger charge is -2.25. The highest BCUT2D eigenvalue weighted by atomic mass is 19.1. The lowest BCUT2D eigenvalue weighted by molar-refractivity contribution is 0.000590. The van der Waals surface area contributed by atoms with E-state index >= 15 is 0 Å². The van der Waals surface area contributed by atoms with Crippen molar-refractivity contribution < 1.29 is 14.6 Å². The van der Waals surface area contributed by atoms with Gasteiger partial charge in [0.05, 0.1) is 12.2 Å². The smallest absolute Gasteiger partial charge is 0.123 e. The van der Waals surface area contributed by atoms with E-state index in [2.05, 4.69) is 5.32 Å². The highest BCUT2D eigenvalue weighted by molar-refractivity contribution is 5.20. The van der Waals surface area contributed by atoms with Gasteiger partial charge in [0.1, 0.15) is 5.82 Å². The summed E-state index contributed by atoms with van der Waals surface area (Å²) in [6.45, 7) is 3.49. The molecule has 0 fully saturated rings. The number of hydrogen-bond acceptors (Lipinski definition) is 3. The van der Waals surface area contributed by atoms with Crippen LogP contribution in [0.25, 0.3) is 0 Å². The zero-order valence-electron chi connectivity index (χ0n) is 10.3. The van der Waals surface area contributed by atoms with E-state index in [4.69, 9.17) is 5.11 Å². The predicted octanol–water partition coefficient (Wildman–Crippen LogP) is 1.61. The van der Waals surface area contributed by atoms with Crippen LogP contribution < -0.4 is 5.32 Å². The van der Waals surface area contributed by atoms with E-state index in [1.165, 1.54) is 12.1 Å². The summed E-state index contributed by atoms with van der Waals surface area (Å²) in [5, 5.41) is 21.8. The second-order valence-electron chi connectivity index (χ2n) is 4.55. The molecule has 2 atom stereocenters. The first-order valence-electron chi connectivity index (χ1n) is 5.80. The van der Waals surface area contributed by atoms with Crippen LogP contribution >= 0.6 is 0 Å². The molecule has 1 aromatic rings. The summed E-state index contributed by atoms with van der Waals surface area (Å²) in [7, 11) is 0. The summed E-state index contributed by atoms with van der Waals surface area (Å²) in [5.74, 6) is -0.267. The third kappa shape index (κ3) is 4.42. The van der Waals surface area contributed by atoms with Crippen LogP contribution in [0.3, 0.4) is 0 Å². The predicted molar refractivity (Wildman–Crippen MR) is 65.1 cm³/mol. The van der Waals surface area contributed by atoms with Crippen molar-refractivity contribution in [3.63, 3.8) is 0 Å². The molecule has 0 aliphatic heterocycles. The minimum absolute atomic E-state index is 0.0243. The molecule has 96 valence electrons. The third-order valence-corrected chi connectivity index (χ3v) is 2.73. The van der Waals surface area contributed by atoms with E-state index in [1.54, 1.807) is 13.0 Å². The first kappa shape index (κ1) is 14.1. The Bertz CT molecular complexity index is 355. The van der Waals surface area contributed by atoms with Crippen molar-refractivity contribution in [2.24, 2.45) is 0 Å². The Balaban J connectivity index is 2.66. The van der Waals surface area contributed by atoms with E-state index in [1.807, 2.05) is 13.0 Å². The molecule has 0 aliphatic carbocycles. The van der Waals surface area contributed by atoms with Gasteiger partial charge in [-0.25, -0.2) is 4.39 Å². The number of aliphatic hydroxyl groups is 2.